The molecule has 0 atom stereocenters. The first-order chi connectivity index (χ1) is 7.13. The number of ether oxygens (including phenoxy) is 1. The van der Waals surface area contributed by atoms with Crippen LogP contribution in [0.1, 0.15) is 13.3 Å². The Morgan fingerprint density at radius 2 is 2.27 bits per heavy atom. The van der Waals surface area contributed by atoms with Crippen molar-refractivity contribution >= 4 is 11.8 Å². The quantitative estimate of drug-likeness (QED) is 0.667. The van der Waals surface area contributed by atoms with Crippen LogP contribution in [0.5, 0.6) is 11.5 Å². The zero-order valence-corrected chi connectivity index (χ0v) is 8.36. The van der Waals surface area contributed by atoms with Gasteiger partial charge in [0.2, 0.25) is 0 Å². The Kier molecular flexibility index (Phi) is 3.79. The number of aromatic hydroxyl groups is 1. The topological polar surface area (TPSA) is 78.8 Å². The Hall–Kier alpha value is -1.91. The molecule has 82 valence electrons. The van der Waals surface area contributed by atoms with Crippen molar-refractivity contribution in [3.63, 3.8) is 0 Å². The number of nitrogens with one attached hydrogen (secondary N) is 1. The van der Waals surface area contributed by atoms with Gasteiger partial charge in [-0.15, -0.1) is 0 Å². The molecule has 0 aliphatic carbocycles. The fraction of sp³-hybridized carbons (Fsp3) is 0.300. The van der Waals surface area contributed by atoms with E-state index in [1.54, 1.807) is 0 Å². The van der Waals surface area contributed by atoms with E-state index in [-0.39, 0.29) is 11.5 Å². The Morgan fingerprint density at radius 3 is 2.87 bits per heavy atom. The van der Waals surface area contributed by atoms with Crippen LogP contribution in [0.2, 0.25) is 0 Å². The maximum Gasteiger partial charge on any atom is 0.409 e. The van der Waals surface area contributed by atoms with E-state index in [0.29, 0.717) is 12.3 Å². The third kappa shape index (κ3) is 3.38. The molecule has 1 rings (SSSR count). The van der Waals surface area contributed by atoms with Crippen LogP contribution in [0.3, 0.4) is 0 Å². The van der Waals surface area contributed by atoms with E-state index < -0.39 is 6.09 Å². The molecule has 0 aliphatic rings. The van der Waals surface area contributed by atoms with Crippen molar-refractivity contribution < 1.29 is 19.7 Å². The smallest absolute Gasteiger partial charge is 0.409 e. The van der Waals surface area contributed by atoms with Gasteiger partial charge in [0.1, 0.15) is 0 Å². The molecule has 1 aromatic rings. The van der Waals surface area contributed by atoms with Crippen molar-refractivity contribution in [2.75, 3.05) is 11.9 Å². The Morgan fingerprint density at radius 1 is 1.53 bits per heavy atom. The summed E-state index contributed by atoms with van der Waals surface area (Å²) in [6.45, 7) is 2.42. The van der Waals surface area contributed by atoms with Crippen molar-refractivity contribution in [3.05, 3.63) is 18.2 Å². The van der Waals surface area contributed by atoms with Crippen LogP contribution < -0.4 is 10.1 Å². The molecule has 0 unspecified atom stereocenters. The largest absolute Gasteiger partial charge is 0.504 e. The Balaban J connectivity index is 2.79. The van der Waals surface area contributed by atoms with Gasteiger partial charge < -0.3 is 14.9 Å². The van der Waals surface area contributed by atoms with Crippen LogP contribution in [0, 0.1) is 0 Å². The summed E-state index contributed by atoms with van der Waals surface area (Å²) in [6.07, 6.45) is -0.335. The number of hydrogen-bond donors (Lipinski definition) is 3. The van der Waals surface area contributed by atoms with Gasteiger partial charge in [-0.3, -0.25) is 5.32 Å². The molecule has 5 heteroatoms. The maximum absolute atomic E-state index is 10.4. The van der Waals surface area contributed by atoms with Gasteiger partial charge in [-0.05, 0) is 18.6 Å². The fourth-order valence-corrected chi connectivity index (χ4v) is 1.04. The number of benzene rings is 1. The van der Waals surface area contributed by atoms with E-state index in [9.17, 15) is 9.90 Å². The second-order valence-corrected chi connectivity index (χ2v) is 2.96. The Labute approximate surface area is 87.3 Å². The molecule has 0 saturated carbocycles. The molecule has 0 bridgehead atoms. The van der Waals surface area contributed by atoms with Gasteiger partial charge >= 0.3 is 6.09 Å². The minimum atomic E-state index is -1.15. The lowest BCUT2D eigenvalue weighted by molar-refractivity contribution is 0.209. The summed E-state index contributed by atoms with van der Waals surface area (Å²) < 4.78 is 5.23. The lowest BCUT2D eigenvalue weighted by Crippen LogP contribution is -2.07. The molecule has 0 heterocycles. The minimum absolute atomic E-state index is 0.000566. The number of phenolic OH excluding ortho intramolecular Hbond substituents is 1. The fourth-order valence-electron chi connectivity index (χ4n) is 1.04. The summed E-state index contributed by atoms with van der Waals surface area (Å²) in [7, 11) is 0. The van der Waals surface area contributed by atoms with Gasteiger partial charge in [-0.1, -0.05) is 6.92 Å². The van der Waals surface area contributed by atoms with E-state index >= 15 is 0 Å². The van der Waals surface area contributed by atoms with Crippen LogP contribution >= 0.6 is 0 Å². The number of carboxylic acid groups (broad SMARTS) is 1. The predicted molar refractivity (Wildman–Crippen MR) is 55.5 cm³/mol. The highest BCUT2D eigenvalue weighted by atomic mass is 16.5. The normalized spacial score (nSPS) is 9.67. The van der Waals surface area contributed by atoms with Crippen LogP contribution in [0.25, 0.3) is 0 Å². The minimum Gasteiger partial charge on any atom is -0.504 e. The molecule has 5 nitrogen and oxygen atoms in total. The number of phenols is 1. The van der Waals surface area contributed by atoms with Gasteiger partial charge in [0.15, 0.2) is 11.5 Å². The lowest BCUT2D eigenvalue weighted by Gasteiger charge is -2.08. The van der Waals surface area contributed by atoms with Gasteiger partial charge in [0.05, 0.1) is 6.61 Å². The number of anilines is 1. The Bertz CT molecular complexity index is 351. The molecule has 0 radical (unpaired) electrons. The summed E-state index contributed by atoms with van der Waals surface area (Å²) in [5.41, 5.74) is 0.367. The third-order valence-electron chi connectivity index (χ3n) is 1.67. The molecule has 0 spiro atoms. The zero-order valence-electron chi connectivity index (χ0n) is 8.36. The standard InChI is InChI=1S/C10H13NO4/c1-2-5-15-9-6-7(11-10(13)14)3-4-8(9)12/h3-4,6,11-12H,2,5H2,1H3,(H,13,14). The van der Waals surface area contributed by atoms with Crippen molar-refractivity contribution in [2.45, 2.75) is 13.3 Å². The predicted octanol–water partition coefficient (Wildman–Crippen LogP) is 2.27. The second-order valence-electron chi connectivity index (χ2n) is 2.96. The average molecular weight is 211 g/mol. The van der Waals surface area contributed by atoms with Crippen molar-refractivity contribution in [3.8, 4) is 11.5 Å². The first-order valence-electron chi connectivity index (χ1n) is 4.59. The summed E-state index contributed by atoms with van der Waals surface area (Å²) in [5, 5.41) is 20.1. The number of carbonyl (C=O) groups is 1. The molecule has 0 aromatic heterocycles. The van der Waals surface area contributed by atoms with Gasteiger partial charge in [0.25, 0.3) is 0 Å². The summed E-state index contributed by atoms with van der Waals surface area (Å²) in [6, 6.07) is 4.29. The first kappa shape index (κ1) is 11.2. The van der Waals surface area contributed by atoms with E-state index in [1.807, 2.05) is 6.92 Å². The zero-order chi connectivity index (χ0) is 11.3. The monoisotopic (exact) mass is 211 g/mol. The highest BCUT2D eigenvalue weighted by Crippen LogP contribution is 2.29. The number of amides is 1. The van der Waals surface area contributed by atoms with E-state index in [0.717, 1.165) is 6.42 Å². The van der Waals surface area contributed by atoms with Crippen molar-refractivity contribution in [1.29, 1.82) is 0 Å². The second kappa shape index (κ2) is 5.09. The first-order valence-corrected chi connectivity index (χ1v) is 4.59. The van der Waals surface area contributed by atoms with Crippen LogP contribution in [-0.4, -0.2) is 22.9 Å². The van der Waals surface area contributed by atoms with Gasteiger partial charge in [0, 0.05) is 11.8 Å². The molecular formula is C10H13NO4. The van der Waals surface area contributed by atoms with E-state index in [2.05, 4.69) is 5.32 Å². The van der Waals surface area contributed by atoms with Crippen LogP contribution in [0.4, 0.5) is 10.5 Å². The molecule has 0 fully saturated rings. The van der Waals surface area contributed by atoms with Crippen LogP contribution in [-0.2, 0) is 0 Å². The number of rotatable bonds is 4. The molecule has 1 aromatic carbocycles. The van der Waals surface area contributed by atoms with Crippen molar-refractivity contribution in [1.82, 2.24) is 0 Å². The summed E-state index contributed by atoms with van der Waals surface area (Å²) in [4.78, 5) is 10.4. The highest BCUT2D eigenvalue weighted by Gasteiger charge is 2.05. The average Bonchev–Trinajstić information content (AvgIpc) is 2.18. The maximum atomic E-state index is 10.4. The molecule has 0 saturated heterocycles. The van der Waals surface area contributed by atoms with Gasteiger partial charge in [-0.25, -0.2) is 4.79 Å². The lowest BCUT2D eigenvalue weighted by atomic mass is 10.3. The molecular weight excluding hydrogens is 198 g/mol. The molecule has 3 N–H and O–H groups in total. The van der Waals surface area contributed by atoms with E-state index in [4.69, 9.17) is 9.84 Å². The number of hydrogen-bond acceptors (Lipinski definition) is 3. The molecule has 1 amide bonds. The van der Waals surface area contributed by atoms with Crippen LogP contribution in [0.15, 0.2) is 18.2 Å². The molecule has 15 heavy (non-hydrogen) atoms. The van der Waals surface area contributed by atoms with E-state index in [1.165, 1.54) is 18.2 Å². The van der Waals surface area contributed by atoms with Gasteiger partial charge in [-0.2, -0.15) is 0 Å². The third-order valence-corrected chi connectivity index (χ3v) is 1.67. The summed E-state index contributed by atoms with van der Waals surface area (Å²) >= 11 is 0. The SMILES string of the molecule is CCCOc1cc(NC(=O)O)ccc1O. The summed E-state index contributed by atoms with van der Waals surface area (Å²) in [5.74, 6) is 0.280. The highest BCUT2D eigenvalue weighted by molar-refractivity contribution is 5.83. The molecule has 0 aliphatic heterocycles. The van der Waals surface area contributed by atoms with Crippen molar-refractivity contribution in [2.24, 2.45) is 0 Å².